The van der Waals surface area contributed by atoms with Crippen LogP contribution in [-0.2, 0) is 0 Å². The van der Waals surface area contributed by atoms with Crippen LogP contribution >= 0.6 is 0 Å². The number of rotatable bonds is 5. The van der Waals surface area contributed by atoms with E-state index in [1.54, 1.807) is 39.5 Å². The summed E-state index contributed by atoms with van der Waals surface area (Å²) < 4.78 is 37.5. The van der Waals surface area contributed by atoms with Crippen molar-refractivity contribution in [1.29, 1.82) is 0 Å². The van der Waals surface area contributed by atoms with E-state index in [0.717, 1.165) is 22.5 Å². The second kappa shape index (κ2) is 7.24. The van der Waals surface area contributed by atoms with E-state index in [-0.39, 0.29) is 5.75 Å². The zero-order valence-electron chi connectivity index (χ0n) is 15.8. The predicted octanol–water partition coefficient (Wildman–Crippen LogP) is 3.64. The first kappa shape index (κ1) is 18.4. The highest BCUT2D eigenvalue weighted by atomic mass is 19.1. The molecule has 2 aromatic rings. The molecule has 0 aliphatic carbocycles. The fraction of sp³-hybridized carbons (Fsp3) is 0.190. The summed E-state index contributed by atoms with van der Waals surface area (Å²) in [5.74, 6) is -0.241. The molecule has 0 saturated carbocycles. The van der Waals surface area contributed by atoms with Gasteiger partial charge in [-0.05, 0) is 55.3 Å². The molecule has 0 spiro atoms. The number of aryl methyl sites for hydroxylation is 1. The number of ether oxygens (including phenoxy) is 1. The number of nitrogens with two attached hydrogens (primary N) is 1. The minimum Gasteiger partial charge on any atom is -0.494 e. The number of fused-ring (bicyclic) bond motifs is 2. The fourth-order valence-electron chi connectivity index (χ4n) is 3.86. The highest BCUT2D eigenvalue weighted by Crippen LogP contribution is 2.35. The summed E-state index contributed by atoms with van der Waals surface area (Å²) in [6, 6.07) is 6.67. The van der Waals surface area contributed by atoms with E-state index >= 15 is 4.32 Å². The summed E-state index contributed by atoms with van der Waals surface area (Å²) in [7, 11) is 0.0816. The number of benzene rings is 1. The molecule has 0 amide bonds. The summed E-state index contributed by atoms with van der Waals surface area (Å²) in [6.45, 7) is 2.45. The quantitative estimate of drug-likeness (QED) is 0.805. The van der Waals surface area contributed by atoms with E-state index in [2.05, 4.69) is 0 Å². The molecule has 1 radical (unpaired) electrons. The maximum Gasteiger partial charge on any atom is 0.533 e. The normalized spacial score (nSPS) is 16.0. The summed E-state index contributed by atoms with van der Waals surface area (Å²) in [6.07, 6.45) is 9.73. The van der Waals surface area contributed by atoms with Crippen molar-refractivity contribution in [1.82, 2.24) is 4.48 Å². The molecular weight excluding hydrogens is 359 g/mol. The van der Waals surface area contributed by atoms with Crippen LogP contribution in [0.3, 0.4) is 0 Å². The van der Waals surface area contributed by atoms with Crippen LogP contribution in [0.15, 0.2) is 42.1 Å². The van der Waals surface area contributed by atoms with Gasteiger partial charge in [0.25, 0.3) is 0 Å². The van der Waals surface area contributed by atoms with Crippen LogP contribution < -0.4 is 10.5 Å². The van der Waals surface area contributed by atoms with Gasteiger partial charge in [-0.1, -0.05) is 12.1 Å². The van der Waals surface area contributed by atoms with Crippen molar-refractivity contribution in [2.45, 2.75) is 13.3 Å². The molecule has 1 aromatic heterocycles. The van der Waals surface area contributed by atoms with Crippen LogP contribution in [0.1, 0.15) is 28.9 Å². The largest absolute Gasteiger partial charge is 0.533 e. The highest BCUT2D eigenvalue weighted by Gasteiger charge is 2.34. The summed E-state index contributed by atoms with van der Waals surface area (Å²) in [4.78, 5) is 0. The first-order valence-corrected chi connectivity index (χ1v) is 9.16. The molecule has 4 nitrogen and oxygen atoms in total. The number of aromatic nitrogens is 1. The Kier molecular flexibility index (Phi) is 4.77. The van der Waals surface area contributed by atoms with E-state index in [0.29, 0.717) is 24.2 Å². The van der Waals surface area contributed by atoms with Gasteiger partial charge in [0.1, 0.15) is 6.21 Å². The molecule has 143 valence electrons. The van der Waals surface area contributed by atoms with Gasteiger partial charge in [-0.25, -0.2) is 4.39 Å². The summed E-state index contributed by atoms with van der Waals surface area (Å²) in [5.41, 5.74) is 10.9. The van der Waals surface area contributed by atoms with Gasteiger partial charge in [-0.2, -0.15) is 0 Å². The van der Waals surface area contributed by atoms with Gasteiger partial charge in [-0.15, -0.1) is 0 Å². The fourth-order valence-corrected chi connectivity index (χ4v) is 3.86. The minimum atomic E-state index is -1.34. The third kappa shape index (κ3) is 2.92. The van der Waals surface area contributed by atoms with Crippen LogP contribution in [0.25, 0.3) is 17.7 Å². The molecule has 3 heterocycles. The Morgan fingerprint density at radius 2 is 2.11 bits per heavy atom. The Bertz CT molecular complexity index is 1070. The number of hydrogen-bond acceptors (Lipinski definition) is 2. The van der Waals surface area contributed by atoms with Crippen molar-refractivity contribution < 1.29 is 17.9 Å². The van der Waals surface area contributed by atoms with Crippen LogP contribution in [0.2, 0.25) is 0 Å². The lowest BCUT2D eigenvalue weighted by atomic mass is 9.91. The Morgan fingerprint density at radius 3 is 2.82 bits per heavy atom. The number of nitrogens with zero attached hydrogens (tertiary/aromatic N) is 2. The minimum absolute atomic E-state index is 0.193. The molecule has 4 rings (SSSR count). The van der Waals surface area contributed by atoms with Crippen molar-refractivity contribution in [3.63, 3.8) is 0 Å². The average molecular weight is 380 g/mol. The standard InChI is InChI=1S/C21H21BF2N3O/c1-14-12-16(7-5-15-6-8-20(28-2)18(23)13-15)27-21(14)17(9-10-25)19-4-3-11-26(19)22(27)24/h3-8,11-13H,9-10,25H2,1-2H3. The van der Waals surface area contributed by atoms with Crippen LogP contribution in [0.5, 0.6) is 5.75 Å². The van der Waals surface area contributed by atoms with Gasteiger partial charge in [-0.3, -0.25) is 0 Å². The van der Waals surface area contributed by atoms with Gasteiger partial charge >= 0.3 is 7.26 Å². The van der Waals surface area contributed by atoms with E-state index in [4.69, 9.17) is 10.5 Å². The third-order valence-electron chi connectivity index (χ3n) is 5.09. The number of allylic oxidation sites excluding steroid dienone is 2. The van der Waals surface area contributed by atoms with Gasteiger partial charge in [0, 0.05) is 29.1 Å². The van der Waals surface area contributed by atoms with Crippen molar-refractivity contribution in [3.8, 4) is 5.75 Å². The van der Waals surface area contributed by atoms with Crippen LogP contribution in [0, 0.1) is 12.7 Å². The average Bonchev–Trinajstić information content (AvgIpc) is 3.29. The van der Waals surface area contributed by atoms with Gasteiger partial charge in [0.2, 0.25) is 0 Å². The zero-order chi connectivity index (χ0) is 19.8. The molecule has 0 unspecified atom stereocenters. The van der Waals surface area contributed by atoms with Crippen molar-refractivity contribution in [3.05, 3.63) is 70.4 Å². The van der Waals surface area contributed by atoms with Crippen LogP contribution in [0.4, 0.5) is 8.71 Å². The molecular formula is C21H21BF2N3O. The maximum atomic E-state index is 15.3. The van der Waals surface area contributed by atoms with E-state index in [9.17, 15) is 4.39 Å². The lowest BCUT2D eigenvalue weighted by Crippen LogP contribution is -2.39. The lowest BCUT2D eigenvalue weighted by Gasteiger charge is -2.30. The second-order valence-corrected chi connectivity index (χ2v) is 6.83. The third-order valence-corrected chi connectivity index (χ3v) is 5.09. The zero-order valence-corrected chi connectivity index (χ0v) is 15.8. The summed E-state index contributed by atoms with van der Waals surface area (Å²) in [5, 5.41) is 0. The van der Waals surface area contributed by atoms with Crippen LogP contribution in [-0.4, -0.2) is 36.1 Å². The smallest absolute Gasteiger partial charge is 0.494 e. The molecule has 0 saturated heterocycles. The van der Waals surface area contributed by atoms with E-state index in [1.807, 2.05) is 25.1 Å². The van der Waals surface area contributed by atoms with E-state index < -0.39 is 13.1 Å². The Balaban J connectivity index is 1.77. The monoisotopic (exact) mass is 380 g/mol. The van der Waals surface area contributed by atoms with Crippen molar-refractivity contribution in [2.24, 2.45) is 5.73 Å². The molecule has 0 atom stereocenters. The maximum absolute atomic E-state index is 15.3. The number of hydrogen-bond donors (Lipinski definition) is 1. The van der Waals surface area contributed by atoms with Crippen molar-refractivity contribution >= 4 is 31.2 Å². The molecule has 2 aliphatic rings. The number of halogens is 2. The molecule has 0 bridgehead atoms. The SMILES string of the molecule is COc1ccc(C=Cc2cc(C)c3n2[B-](F)[N+]2=CC=CC2=C3CCN)cc1F. The lowest BCUT2D eigenvalue weighted by molar-refractivity contribution is -0.329. The molecule has 0 fully saturated rings. The Hall–Kier alpha value is -2.93. The predicted molar refractivity (Wildman–Crippen MR) is 109 cm³/mol. The first-order valence-electron chi connectivity index (χ1n) is 9.16. The molecule has 1 aromatic carbocycles. The molecule has 2 aliphatic heterocycles. The second-order valence-electron chi connectivity index (χ2n) is 6.83. The highest BCUT2D eigenvalue weighted by molar-refractivity contribution is 6.43. The number of methoxy groups -OCH3 is 1. The Labute approximate surface area is 163 Å². The van der Waals surface area contributed by atoms with Gasteiger partial charge in [0.15, 0.2) is 17.3 Å². The van der Waals surface area contributed by atoms with Gasteiger partial charge in [0.05, 0.1) is 7.11 Å². The topological polar surface area (TPSA) is 43.2 Å². The van der Waals surface area contributed by atoms with Crippen molar-refractivity contribution in [2.75, 3.05) is 13.7 Å². The molecule has 2 N–H and O–H groups in total. The van der Waals surface area contributed by atoms with Gasteiger partial charge < -0.3 is 23.8 Å². The summed E-state index contributed by atoms with van der Waals surface area (Å²) >= 11 is 0. The Morgan fingerprint density at radius 1 is 1.29 bits per heavy atom. The van der Waals surface area contributed by atoms with E-state index in [1.165, 1.54) is 13.2 Å². The molecule has 7 heteroatoms. The first-order chi connectivity index (χ1) is 13.5. The molecule has 28 heavy (non-hydrogen) atoms.